The van der Waals surface area contributed by atoms with Crippen molar-refractivity contribution in [2.24, 2.45) is 0 Å². The second-order valence-corrected chi connectivity index (χ2v) is 5.27. The molecular formula is C9H8N4O2S2. The van der Waals surface area contributed by atoms with E-state index in [1.54, 1.807) is 0 Å². The minimum absolute atomic E-state index is 0.0583. The van der Waals surface area contributed by atoms with Crippen molar-refractivity contribution in [3.63, 3.8) is 0 Å². The number of thiazole rings is 1. The fourth-order valence-electron chi connectivity index (χ4n) is 1.12. The smallest absolute Gasteiger partial charge is 0.301 e. The Morgan fingerprint density at radius 2 is 2.24 bits per heavy atom. The maximum atomic E-state index is 10.8. The number of aryl methyl sites for hydroxylation is 1. The summed E-state index contributed by atoms with van der Waals surface area (Å²) < 4.78 is 0.712. The second kappa shape index (κ2) is 4.68. The van der Waals surface area contributed by atoms with E-state index in [9.17, 15) is 10.1 Å². The highest BCUT2D eigenvalue weighted by atomic mass is 32.2. The minimum atomic E-state index is -0.477. The quantitative estimate of drug-likeness (QED) is 0.678. The van der Waals surface area contributed by atoms with Crippen LogP contribution >= 0.6 is 23.1 Å². The first kappa shape index (κ1) is 11.8. The highest BCUT2D eigenvalue weighted by molar-refractivity contribution is 8.01. The minimum Gasteiger partial charge on any atom is -0.384 e. The van der Waals surface area contributed by atoms with E-state index in [1.165, 1.54) is 23.5 Å². The molecule has 0 aromatic carbocycles. The Hall–Kier alpha value is -1.67. The maximum Gasteiger partial charge on any atom is 0.301 e. The monoisotopic (exact) mass is 268 g/mol. The molecule has 0 saturated carbocycles. The van der Waals surface area contributed by atoms with Crippen molar-refractivity contribution in [2.75, 3.05) is 5.73 Å². The lowest BCUT2D eigenvalue weighted by atomic mass is 10.4. The van der Waals surface area contributed by atoms with Crippen LogP contribution in [0.4, 0.5) is 11.5 Å². The van der Waals surface area contributed by atoms with Crippen molar-refractivity contribution in [1.29, 1.82) is 0 Å². The van der Waals surface area contributed by atoms with Crippen LogP contribution in [0.3, 0.4) is 0 Å². The zero-order chi connectivity index (χ0) is 12.4. The molecule has 0 saturated heterocycles. The molecule has 2 N–H and O–H groups in total. The van der Waals surface area contributed by atoms with Gasteiger partial charge in [-0.3, -0.25) is 10.1 Å². The fraction of sp³-hybridized carbons (Fsp3) is 0.111. The van der Waals surface area contributed by atoms with E-state index in [2.05, 4.69) is 9.97 Å². The second-order valence-electron chi connectivity index (χ2n) is 3.17. The molecule has 0 amide bonds. The molecule has 2 heterocycles. The van der Waals surface area contributed by atoms with E-state index >= 15 is 0 Å². The molecule has 6 nitrogen and oxygen atoms in total. The molecule has 0 aliphatic heterocycles. The van der Waals surface area contributed by atoms with Gasteiger partial charge in [-0.25, -0.2) is 9.97 Å². The molecule has 0 spiro atoms. The third kappa shape index (κ3) is 2.71. The number of nitrogens with zero attached hydrogens (tertiary/aromatic N) is 3. The van der Waals surface area contributed by atoms with Gasteiger partial charge < -0.3 is 5.73 Å². The van der Waals surface area contributed by atoms with Crippen LogP contribution in [-0.4, -0.2) is 14.9 Å². The summed E-state index contributed by atoms with van der Waals surface area (Å²) in [5.41, 5.74) is 6.34. The highest BCUT2D eigenvalue weighted by Gasteiger charge is 2.17. The summed E-state index contributed by atoms with van der Waals surface area (Å²) >= 11 is 2.57. The van der Waals surface area contributed by atoms with Gasteiger partial charge >= 0.3 is 5.69 Å². The van der Waals surface area contributed by atoms with Crippen molar-refractivity contribution in [2.45, 2.75) is 16.3 Å². The van der Waals surface area contributed by atoms with Crippen molar-refractivity contribution >= 4 is 34.6 Å². The molecular weight excluding hydrogens is 260 g/mol. The lowest BCUT2D eigenvalue weighted by Crippen LogP contribution is -1.97. The van der Waals surface area contributed by atoms with Crippen LogP contribution in [-0.2, 0) is 0 Å². The highest BCUT2D eigenvalue weighted by Crippen LogP contribution is 2.35. The van der Waals surface area contributed by atoms with Gasteiger partial charge in [0.25, 0.3) is 0 Å². The van der Waals surface area contributed by atoms with Crippen LogP contribution in [0.1, 0.15) is 5.69 Å². The third-order valence-electron chi connectivity index (χ3n) is 1.84. The summed E-state index contributed by atoms with van der Waals surface area (Å²) in [6.45, 7) is 1.86. The zero-order valence-electron chi connectivity index (χ0n) is 8.78. The van der Waals surface area contributed by atoms with Gasteiger partial charge in [0.05, 0.1) is 4.92 Å². The van der Waals surface area contributed by atoms with Gasteiger partial charge in [-0.2, -0.15) is 0 Å². The molecule has 2 aromatic rings. The van der Waals surface area contributed by atoms with E-state index in [0.717, 1.165) is 17.5 Å². The van der Waals surface area contributed by atoms with Crippen LogP contribution in [0.2, 0.25) is 0 Å². The number of hydrogen-bond acceptors (Lipinski definition) is 7. The molecule has 0 bridgehead atoms. The van der Waals surface area contributed by atoms with Crippen LogP contribution in [0.15, 0.2) is 26.9 Å². The van der Waals surface area contributed by atoms with E-state index < -0.39 is 4.92 Å². The Balaban J connectivity index is 2.37. The summed E-state index contributed by atoms with van der Waals surface area (Å²) in [6, 6.07) is 2.76. The molecule has 0 aliphatic rings. The van der Waals surface area contributed by atoms with Gasteiger partial charge in [0.15, 0.2) is 9.37 Å². The van der Waals surface area contributed by atoms with Crippen LogP contribution in [0.5, 0.6) is 0 Å². The van der Waals surface area contributed by atoms with E-state index in [-0.39, 0.29) is 16.5 Å². The number of nitrogen functional groups attached to an aromatic ring is 1. The average molecular weight is 268 g/mol. The Kier molecular flexibility index (Phi) is 3.25. The Morgan fingerprint density at radius 3 is 2.82 bits per heavy atom. The van der Waals surface area contributed by atoms with E-state index in [4.69, 9.17) is 5.73 Å². The number of nitro groups is 1. The Bertz CT molecular complexity index is 570. The molecule has 2 rings (SSSR count). The molecule has 0 atom stereocenters. The van der Waals surface area contributed by atoms with Gasteiger partial charge in [-0.05, 0) is 24.8 Å². The predicted molar refractivity (Wildman–Crippen MR) is 66.3 cm³/mol. The largest absolute Gasteiger partial charge is 0.384 e. The van der Waals surface area contributed by atoms with Crippen LogP contribution < -0.4 is 5.73 Å². The number of rotatable bonds is 3. The number of hydrogen-bond donors (Lipinski definition) is 1. The fourth-order valence-corrected chi connectivity index (χ4v) is 2.97. The van der Waals surface area contributed by atoms with Crippen molar-refractivity contribution < 1.29 is 4.92 Å². The first-order valence-corrected chi connectivity index (χ1v) is 6.27. The molecule has 0 fully saturated rings. The lowest BCUT2D eigenvalue weighted by molar-refractivity contribution is -0.388. The Morgan fingerprint density at radius 1 is 1.47 bits per heavy atom. The van der Waals surface area contributed by atoms with E-state index in [0.29, 0.717) is 4.34 Å². The summed E-state index contributed by atoms with van der Waals surface area (Å²) in [5, 5.41) is 13.0. The molecule has 2 aromatic heterocycles. The zero-order valence-corrected chi connectivity index (χ0v) is 10.4. The molecule has 0 aliphatic carbocycles. The topological polar surface area (TPSA) is 94.9 Å². The van der Waals surface area contributed by atoms with Crippen molar-refractivity contribution in [1.82, 2.24) is 9.97 Å². The number of nitrogens with two attached hydrogens (primary N) is 1. The maximum absolute atomic E-state index is 10.8. The molecule has 8 heteroatoms. The van der Waals surface area contributed by atoms with E-state index in [1.807, 2.05) is 12.3 Å². The van der Waals surface area contributed by atoms with Crippen molar-refractivity contribution in [3.05, 3.63) is 33.3 Å². The molecule has 0 unspecified atom stereocenters. The van der Waals surface area contributed by atoms with Gasteiger partial charge in [0.2, 0.25) is 0 Å². The summed E-state index contributed by atoms with van der Waals surface area (Å²) in [4.78, 5) is 18.5. The normalized spacial score (nSPS) is 10.4. The van der Waals surface area contributed by atoms with Crippen LogP contribution in [0.25, 0.3) is 0 Å². The standard InChI is InChI=1S/C9H8N4O2S2/c1-5-4-16-9(11-5)17-8-6(13(14)15)2-3-7(10)12-8/h2-4H,1H3,(H2,10,12). The number of pyridine rings is 1. The number of anilines is 1. The van der Waals surface area contributed by atoms with Crippen LogP contribution in [0, 0.1) is 17.0 Å². The first-order valence-electron chi connectivity index (χ1n) is 4.57. The third-order valence-corrected chi connectivity index (χ3v) is 3.89. The SMILES string of the molecule is Cc1csc(Sc2nc(N)ccc2[N+](=O)[O-])n1. The van der Waals surface area contributed by atoms with Gasteiger partial charge in [-0.1, -0.05) is 0 Å². The number of aromatic nitrogens is 2. The van der Waals surface area contributed by atoms with Gasteiger partial charge in [0, 0.05) is 17.1 Å². The lowest BCUT2D eigenvalue weighted by Gasteiger charge is -2.00. The summed E-state index contributed by atoms with van der Waals surface area (Å²) in [5.74, 6) is 0.256. The van der Waals surface area contributed by atoms with Crippen molar-refractivity contribution in [3.8, 4) is 0 Å². The molecule has 88 valence electrons. The first-order chi connectivity index (χ1) is 8.06. The Labute approximate surface area is 105 Å². The van der Waals surface area contributed by atoms with Gasteiger partial charge in [-0.15, -0.1) is 11.3 Å². The predicted octanol–water partition coefficient (Wildman–Crippen LogP) is 2.49. The molecule has 17 heavy (non-hydrogen) atoms. The summed E-state index contributed by atoms with van der Waals surface area (Å²) in [7, 11) is 0. The average Bonchev–Trinajstić information content (AvgIpc) is 2.63. The van der Waals surface area contributed by atoms with Gasteiger partial charge in [0.1, 0.15) is 5.82 Å². The summed E-state index contributed by atoms with van der Waals surface area (Å²) in [6.07, 6.45) is 0. The molecule has 0 radical (unpaired) electrons.